The smallest absolute Gasteiger partial charge is 0.123 e. The zero-order chi connectivity index (χ0) is 11.4. The van der Waals surface area contributed by atoms with Crippen LogP contribution < -0.4 is 11.1 Å². The van der Waals surface area contributed by atoms with Gasteiger partial charge in [0.25, 0.3) is 0 Å². The van der Waals surface area contributed by atoms with Crippen molar-refractivity contribution in [3.05, 3.63) is 40.2 Å². The Morgan fingerprint density at radius 3 is 2.69 bits per heavy atom. The minimum Gasteiger partial charge on any atom is -0.384 e. The highest BCUT2D eigenvalue weighted by Gasteiger charge is 1.98. The molecule has 0 fully saturated rings. The van der Waals surface area contributed by atoms with E-state index in [4.69, 9.17) is 5.73 Å². The van der Waals surface area contributed by atoms with E-state index in [-0.39, 0.29) is 0 Å². The van der Waals surface area contributed by atoms with Crippen molar-refractivity contribution < 1.29 is 0 Å². The highest BCUT2D eigenvalue weighted by atomic mass is 32.1. The molecule has 0 aliphatic carbocycles. The van der Waals surface area contributed by atoms with Crippen LogP contribution in [0.4, 0.5) is 11.5 Å². The maximum Gasteiger partial charge on any atom is 0.123 e. The van der Waals surface area contributed by atoms with Crippen LogP contribution in [-0.2, 0) is 13.0 Å². The predicted molar refractivity (Wildman–Crippen MR) is 69.7 cm³/mol. The third-order valence-electron chi connectivity index (χ3n) is 2.32. The van der Waals surface area contributed by atoms with Crippen molar-refractivity contribution in [3.8, 4) is 0 Å². The molecule has 0 atom stereocenters. The summed E-state index contributed by atoms with van der Waals surface area (Å²) in [5.74, 6) is 0.551. The summed E-state index contributed by atoms with van der Waals surface area (Å²) in [6, 6.07) is 8.09. The second-order valence-corrected chi connectivity index (χ2v) is 4.80. The monoisotopic (exact) mass is 233 g/mol. The lowest BCUT2D eigenvalue weighted by Crippen LogP contribution is -1.98. The Bertz CT molecular complexity index is 448. The van der Waals surface area contributed by atoms with Gasteiger partial charge in [0.1, 0.15) is 5.82 Å². The van der Waals surface area contributed by atoms with Crippen molar-refractivity contribution in [2.45, 2.75) is 19.9 Å². The Kier molecular flexibility index (Phi) is 3.41. The van der Waals surface area contributed by atoms with Gasteiger partial charge in [0.15, 0.2) is 0 Å². The molecule has 0 bridgehead atoms. The summed E-state index contributed by atoms with van der Waals surface area (Å²) in [6.45, 7) is 3.02. The van der Waals surface area contributed by atoms with Gasteiger partial charge in [-0.25, -0.2) is 4.98 Å². The molecule has 0 spiro atoms. The number of nitrogens with one attached hydrogen (secondary N) is 1. The minimum atomic E-state index is 0.551. The lowest BCUT2D eigenvalue weighted by atomic mass is 10.3. The van der Waals surface area contributed by atoms with E-state index in [1.165, 1.54) is 9.75 Å². The number of anilines is 2. The second-order valence-electron chi connectivity index (χ2n) is 3.55. The number of nitrogen functional groups attached to an aromatic ring is 1. The number of aromatic nitrogens is 1. The topological polar surface area (TPSA) is 50.9 Å². The first-order chi connectivity index (χ1) is 7.78. The van der Waals surface area contributed by atoms with Crippen LogP contribution in [0.1, 0.15) is 16.7 Å². The number of nitrogens with two attached hydrogens (primary N) is 1. The third-order valence-corrected chi connectivity index (χ3v) is 3.55. The van der Waals surface area contributed by atoms with E-state index in [0.717, 1.165) is 18.7 Å². The summed E-state index contributed by atoms with van der Waals surface area (Å²) < 4.78 is 0. The Morgan fingerprint density at radius 1 is 1.25 bits per heavy atom. The molecule has 84 valence electrons. The molecule has 3 N–H and O–H groups in total. The van der Waals surface area contributed by atoms with Crippen LogP contribution in [0.2, 0.25) is 0 Å². The number of hydrogen-bond acceptors (Lipinski definition) is 4. The summed E-state index contributed by atoms with van der Waals surface area (Å²) in [4.78, 5) is 6.80. The number of aryl methyl sites for hydroxylation is 1. The number of pyridine rings is 1. The average molecular weight is 233 g/mol. The van der Waals surface area contributed by atoms with Crippen LogP contribution in [0.5, 0.6) is 0 Å². The number of hydrogen-bond donors (Lipinski definition) is 2. The van der Waals surface area contributed by atoms with Gasteiger partial charge in [-0.3, -0.25) is 0 Å². The van der Waals surface area contributed by atoms with Gasteiger partial charge in [-0.1, -0.05) is 6.92 Å². The van der Waals surface area contributed by atoms with E-state index in [2.05, 4.69) is 29.4 Å². The molecule has 2 aromatic heterocycles. The zero-order valence-corrected chi connectivity index (χ0v) is 10.1. The molecule has 0 radical (unpaired) electrons. The third kappa shape index (κ3) is 2.73. The minimum absolute atomic E-state index is 0.551. The molecule has 0 amide bonds. The average Bonchev–Trinajstić information content (AvgIpc) is 2.76. The molecule has 0 unspecified atom stereocenters. The molecular formula is C12H15N3S. The van der Waals surface area contributed by atoms with E-state index in [0.29, 0.717) is 5.82 Å². The van der Waals surface area contributed by atoms with Gasteiger partial charge in [0.2, 0.25) is 0 Å². The maximum absolute atomic E-state index is 5.52. The molecule has 3 nitrogen and oxygen atoms in total. The normalized spacial score (nSPS) is 10.3. The van der Waals surface area contributed by atoms with E-state index < -0.39 is 0 Å². The van der Waals surface area contributed by atoms with Gasteiger partial charge >= 0.3 is 0 Å². The van der Waals surface area contributed by atoms with Crippen molar-refractivity contribution in [2.75, 3.05) is 11.1 Å². The first-order valence-electron chi connectivity index (χ1n) is 5.31. The van der Waals surface area contributed by atoms with Gasteiger partial charge < -0.3 is 11.1 Å². The quantitative estimate of drug-likeness (QED) is 0.853. The van der Waals surface area contributed by atoms with Gasteiger partial charge in [-0.15, -0.1) is 11.3 Å². The highest BCUT2D eigenvalue weighted by molar-refractivity contribution is 7.12. The van der Waals surface area contributed by atoms with Crippen molar-refractivity contribution in [1.29, 1.82) is 0 Å². The number of nitrogens with zero attached hydrogens (tertiary/aromatic N) is 1. The Balaban J connectivity index is 1.94. The van der Waals surface area contributed by atoms with E-state index >= 15 is 0 Å². The van der Waals surface area contributed by atoms with Crippen molar-refractivity contribution >= 4 is 22.8 Å². The summed E-state index contributed by atoms with van der Waals surface area (Å²) in [6.07, 6.45) is 2.86. The SMILES string of the molecule is CCc1ccc(CNc2ccc(N)nc2)s1. The molecular weight excluding hydrogens is 218 g/mol. The summed E-state index contributed by atoms with van der Waals surface area (Å²) >= 11 is 1.85. The number of thiophene rings is 1. The van der Waals surface area contributed by atoms with Crippen molar-refractivity contribution in [1.82, 2.24) is 4.98 Å². The van der Waals surface area contributed by atoms with Crippen LogP contribution in [0.3, 0.4) is 0 Å². The molecule has 2 aromatic rings. The largest absolute Gasteiger partial charge is 0.384 e. The highest BCUT2D eigenvalue weighted by Crippen LogP contribution is 2.18. The van der Waals surface area contributed by atoms with Crippen LogP contribution in [-0.4, -0.2) is 4.98 Å². The maximum atomic E-state index is 5.52. The molecule has 2 rings (SSSR count). The lowest BCUT2D eigenvalue weighted by Gasteiger charge is -2.03. The standard InChI is InChI=1S/C12H15N3S/c1-2-10-4-5-11(16-10)8-14-9-3-6-12(13)15-7-9/h3-7,14H,2,8H2,1H3,(H2,13,15). The fraction of sp³-hybridized carbons (Fsp3) is 0.250. The molecule has 2 heterocycles. The van der Waals surface area contributed by atoms with Gasteiger partial charge in [-0.2, -0.15) is 0 Å². The predicted octanol–water partition coefficient (Wildman–Crippen LogP) is 2.90. The summed E-state index contributed by atoms with van der Waals surface area (Å²) in [5, 5.41) is 3.32. The second kappa shape index (κ2) is 4.99. The molecule has 4 heteroatoms. The molecule has 0 aliphatic heterocycles. The fourth-order valence-electron chi connectivity index (χ4n) is 1.41. The zero-order valence-electron chi connectivity index (χ0n) is 9.23. The molecule has 0 saturated carbocycles. The van der Waals surface area contributed by atoms with Crippen LogP contribution in [0.15, 0.2) is 30.5 Å². The van der Waals surface area contributed by atoms with Gasteiger partial charge in [0, 0.05) is 16.3 Å². The van der Waals surface area contributed by atoms with E-state index in [9.17, 15) is 0 Å². The summed E-state index contributed by atoms with van der Waals surface area (Å²) in [5.41, 5.74) is 6.52. The van der Waals surface area contributed by atoms with E-state index in [1.807, 2.05) is 17.4 Å². The first kappa shape index (κ1) is 11.0. The fourth-order valence-corrected chi connectivity index (χ4v) is 2.30. The number of rotatable bonds is 4. The molecule has 0 aromatic carbocycles. The molecule has 16 heavy (non-hydrogen) atoms. The van der Waals surface area contributed by atoms with E-state index in [1.54, 1.807) is 12.3 Å². The molecule has 0 saturated heterocycles. The summed E-state index contributed by atoms with van der Waals surface area (Å²) in [7, 11) is 0. The van der Waals surface area contributed by atoms with Crippen LogP contribution >= 0.6 is 11.3 Å². The lowest BCUT2D eigenvalue weighted by molar-refractivity contribution is 1.18. The van der Waals surface area contributed by atoms with Crippen molar-refractivity contribution in [3.63, 3.8) is 0 Å². The Labute approximate surface area is 99.3 Å². The van der Waals surface area contributed by atoms with Gasteiger partial charge in [-0.05, 0) is 30.7 Å². The molecule has 0 aliphatic rings. The van der Waals surface area contributed by atoms with Crippen molar-refractivity contribution in [2.24, 2.45) is 0 Å². The van der Waals surface area contributed by atoms with Crippen LogP contribution in [0, 0.1) is 0 Å². The van der Waals surface area contributed by atoms with Gasteiger partial charge in [0.05, 0.1) is 11.9 Å². The van der Waals surface area contributed by atoms with Crippen LogP contribution in [0.25, 0.3) is 0 Å². The Morgan fingerprint density at radius 2 is 2.06 bits per heavy atom. The Hall–Kier alpha value is -1.55. The first-order valence-corrected chi connectivity index (χ1v) is 6.12.